The van der Waals surface area contributed by atoms with Crippen molar-refractivity contribution < 1.29 is 25.7 Å². The third-order valence-electron chi connectivity index (χ3n) is 10.7. The summed E-state index contributed by atoms with van der Waals surface area (Å²) >= 11 is -3.58. The normalized spacial score (nSPS) is 13.4. The largest absolute Gasteiger partial charge is 1.20 e. The first kappa shape index (κ1) is 67.3. The quantitative estimate of drug-likeness (QED) is 0.0262. The van der Waals surface area contributed by atoms with Gasteiger partial charge in [0.1, 0.15) is 0 Å². The van der Waals surface area contributed by atoms with Gasteiger partial charge in [-0.05, 0) is 38.5 Å². The van der Waals surface area contributed by atoms with Crippen LogP contribution >= 0.6 is 0 Å². The minimum atomic E-state index is -3.58. The molecular weight excluding hydrogens is 916 g/mol. The first-order valence-corrected chi connectivity index (χ1v) is 29.1. The van der Waals surface area contributed by atoms with Gasteiger partial charge in [0, 0.05) is 18.2 Å². The molecule has 0 aromatic rings. The molecule has 0 unspecified atom stereocenters. The molecular formula is C66H93AlO6. The van der Waals surface area contributed by atoms with Crippen molar-refractivity contribution in [3.05, 3.63) is 219 Å². The van der Waals surface area contributed by atoms with Gasteiger partial charge in [-0.1, -0.05) is 337 Å². The third-order valence-corrected chi connectivity index (χ3v) is 11.9. The van der Waals surface area contributed by atoms with Crippen LogP contribution in [-0.4, -0.2) is 33.1 Å². The molecule has 0 rings (SSSR count). The molecule has 0 fully saturated rings. The van der Waals surface area contributed by atoms with Crippen LogP contribution in [-0.2, 0) is 25.7 Å². The molecule has 0 saturated heterocycles. The molecule has 0 aliphatic rings. The van der Waals surface area contributed by atoms with Crippen LogP contribution in [0.25, 0.3) is 0 Å². The lowest BCUT2D eigenvalue weighted by atomic mass is 10.1. The highest BCUT2D eigenvalue weighted by atomic mass is 27.3. The van der Waals surface area contributed by atoms with Gasteiger partial charge in [0.15, 0.2) is 0 Å². The summed E-state index contributed by atoms with van der Waals surface area (Å²) in [7, 11) is 0. The van der Waals surface area contributed by atoms with E-state index in [-0.39, 0.29) is 0 Å². The number of hydrogen-bond acceptors (Lipinski definition) is 6. The molecule has 0 aliphatic carbocycles. The number of allylic oxidation sites excluding steroid dienone is 33. The molecule has 0 bridgehead atoms. The smallest absolute Gasteiger partial charge is 0.547 e. The van der Waals surface area contributed by atoms with E-state index in [9.17, 15) is 14.4 Å². The highest BCUT2D eigenvalue weighted by Crippen LogP contribution is 2.11. The fourth-order valence-electron chi connectivity index (χ4n) is 6.60. The Balaban J connectivity index is 5.12. The fourth-order valence-corrected chi connectivity index (χ4v) is 7.55. The van der Waals surface area contributed by atoms with Gasteiger partial charge in [-0.25, -0.2) is 0 Å². The Morgan fingerprint density at radius 2 is 0.425 bits per heavy atom. The number of unbranched alkanes of at least 4 members (excludes halogenated alkanes) is 21. The van der Waals surface area contributed by atoms with Crippen molar-refractivity contribution in [1.82, 2.24) is 0 Å². The lowest BCUT2D eigenvalue weighted by molar-refractivity contribution is -0.141. The van der Waals surface area contributed by atoms with E-state index in [4.69, 9.17) is 11.4 Å². The zero-order valence-electron chi connectivity index (χ0n) is 45.3. The number of hydrogen-bond donors (Lipinski definition) is 0. The van der Waals surface area contributed by atoms with Crippen LogP contribution in [0.3, 0.4) is 0 Å². The molecule has 0 aromatic carbocycles. The average Bonchev–Trinajstić information content (AvgIpc) is 3.38. The molecule has 0 aliphatic heterocycles. The molecule has 7 heteroatoms. The van der Waals surface area contributed by atoms with E-state index < -0.39 is 33.1 Å². The molecule has 0 atom stereocenters. The maximum absolute atomic E-state index is 12.6. The van der Waals surface area contributed by atoms with Gasteiger partial charge in [-0.3, -0.25) is 14.4 Å². The van der Waals surface area contributed by atoms with E-state index in [1.165, 1.54) is 153 Å². The molecule has 0 amide bonds. The Bertz CT molecular complexity index is 1700. The first-order valence-electron chi connectivity index (χ1n) is 27.6. The maximum Gasteiger partial charge on any atom is 1.20 e. The number of carbonyl (C=O) groups excluding carboxylic acids is 3. The van der Waals surface area contributed by atoms with Crippen LogP contribution in [0.5, 0.6) is 0 Å². The van der Waals surface area contributed by atoms with Crippen molar-refractivity contribution in [3.8, 4) is 0 Å². The molecule has 6 nitrogen and oxygen atoms in total. The fraction of sp³-hybridized carbons (Fsp3) is 0.409. The zero-order valence-corrected chi connectivity index (χ0v) is 46.4. The SMILES string of the molecule is CCCCCCCCC/C=C/C=C/C=C/C=C/C=C/C=C/C(=O)[O][Al]([O]C(=O)/C=C/C=C/C=C/C=C/C=C/C=C/CCCCCCCCC)[O]C(=O)/C=C/C=C/C=C/C=C/C=C/C=C/CCCCCCCCC. The van der Waals surface area contributed by atoms with Crippen LogP contribution in [0.1, 0.15) is 175 Å². The van der Waals surface area contributed by atoms with E-state index in [1.807, 2.05) is 109 Å². The van der Waals surface area contributed by atoms with E-state index in [0.717, 1.165) is 37.5 Å². The molecule has 396 valence electrons. The van der Waals surface area contributed by atoms with Gasteiger partial charge >= 0.3 is 15.1 Å². The van der Waals surface area contributed by atoms with Crippen molar-refractivity contribution >= 4 is 33.1 Å². The van der Waals surface area contributed by atoms with Crippen LogP contribution in [0.4, 0.5) is 0 Å². The Labute approximate surface area is 450 Å². The van der Waals surface area contributed by atoms with E-state index >= 15 is 0 Å². The minimum absolute atomic E-state index is 0.816. The lowest BCUT2D eigenvalue weighted by Gasteiger charge is -2.10. The number of carbonyl (C=O) groups is 3. The lowest BCUT2D eigenvalue weighted by Crippen LogP contribution is -2.33. The molecule has 0 spiro atoms. The summed E-state index contributed by atoms with van der Waals surface area (Å²) in [6.45, 7) is 6.74. The third kappa shape index (κ3) is 57.0. The predicted molar refractivity (Wildman–Crippen MR) is 316 cm³/mol. The monoisotopic (exact) mass is 1010 g/mol. The summed E-state index contributed by atoms with van der Waals surface area (Å²) in [5.41, 5.74) is 0. The van der Waals surface area contributed by atoms with Crippen molar-refractivity contribution in [2.75, 3.05) is 0 Å². The standard InChI is InChI=1S/3C22H32O2.Al/c3*1-2-3-4-5-6-7-8-9-10-11-12-13-14-15-16-17-18-19-20-21-22(23)24;/h3*10-21H,2-9H2,1H3,(H,23,24);/q;;;+3/p-3/b3*11-10+,13-12+,15-14+,17-16+,19-18+,21-20+;. The zero-order chi connectivity index (χ0) is 52.9. The molecule has 0 N–H and O–H groups in total. The Hall–Kier alpha value is -5.74. The summed E-state index contributed by atoms with van der Waals surface area (Å²) in [4.78, 5) is 37.9. The van der Waals surface area contributed by atoms with E-state index in [0.29, 0.717) is 0 Å². The summed E-state index contributed by atoms with van der Waals surface area (Å²) < 4.78 is 15.9. The number of rotatable bonds is 45. The second kappa shape index (κ2) is 58.8. The van der Waals surface area contributed by atoms with E-state index in [1.54, 1.807) is 36.5 Å². The summed E-state index contributed by atoms with van der Waals surface area (Å²) in [6.07, 6.45) is 96.7. The Kier molecular flexibility index (Phi) is 54.2. The summed E-state index contributed by atoms with van der Waals surface area (Å²) in [5.74, 6) is -2.45. The second-order valence-electron chi connectivity index (χ2n) is 17.3. The predicted octanol–water partition coefficient (Wildman–Crippen LogP) is 19.0. The average molecular weight is 1010 g/mol. The van der Waals surface area contributed by atoms with Gasteiger partial charge < -0.3 is 11.4 Å². The highest BCUT2D eigenvalue weighted by Gasteiger charge is 2.48. The molecule has 0 radical (unpaired) electrons. The van der Waals surface area contributed by atoms with Crippen LogP contribution < -0.4 is 0 Å². The topological polar surface area (TPSA) is 78.9 Å². The van der Waals surface area contributed by atoms with Gasteiger partial charge in [0.25, 0.3) is 17.9 Å². The van der Waals surface area contributed by atoms with Gasteiger partial charge in [0.05, 0.1) is 0 Å². The van der Waals surface area contributed by atoms with Gasteiger partial charge in [0.2, 0.25) is 0 Å². The maximum atomic E-state index is 12.6. The highest BCUT2D eigenvalue weighted by molar-refractivity contribution is 6.45. The molecule has 73 heavy (non-hydrogen) atoms. The Morgan fingerprint density at radius 1 is 0.247 bits per heavy atom. The van der Waals surface area contributed by atoms with Crippen molar-refractivity contribution in [2.24, 2.45) is 0 Å². The summed E-state index contributed by atoms with van der Waals surface area (Å²) in [5, 5.41) is 0. The van der Waals surface area contributed by atoms with Gasteiger partial charge in [-0.2, -0.15) is 0 Å². The van der Waals surface area contributed by atoms with Gasteiger partial charge in [-0.15, -0.1) is 0 Å². The molecule has 0 saturated carbocycles. The van der Waals surface area contributed by atoms with Crippen molar-refractivity contribution in [1.29, 1.82) is 0 Å². The second-order valence-corrected chi connectivity index (χ2v) is 18.6. The van der Waals surface area contributed by atoms with E-state index in [2.05, 4.69) is 57.2 Å². The minimum Gasteiger partial charge on any atom is -0.547 e. The van der Waals surface area contributed by atoms with Crippen molar-refractivity contribution in [2.45, 2.75) is 175 Å². The van der Waals surface area contributed by atoms with Crippen molar-refractivity contribution in [3.63, 3.8) is 0 Å². The molecule has 0 heterocycles. The van der Waals surface area contributed by atoms with Crippen LogP contribution in [0, 0.1) is 0 Å². The Morgan fingerprint density at radius 3 is 0.644 bits per heavy atom. The van der Waals surface area contributed by atoms with Crippen LogP contribution in [0.15, 0.2) is 219 Å². The van der Waals surface area contributed by atoms with Crippen LogP contribution in [0.2, 0.25) is 0 Å². The first-order chi connectivity index (χ1) is 36.0. The molecule has 0 aromatic heterocycles. The summed E-state index contributed by atoms with van der Waals surface area (Å²) in [6, 6.07) is 0.